The summed E-state index contributed by atoms with van der Waals surface area (Å²) < 4.78 is 3.38. The summed E-state index contributed by atoms with van der Waals surface area (Å²) in [7, 11) is 3.62. The maximum atomic E-state index is 11.8. The highest BCUT2D eigenvalue weighted by Gasteiger charge is 2.07. The van der Waals surface area contributed by atoms with Crippen molar-refractivity contribution >= 4 is 23.4 Å². The molecule has 0 aliphatic heterocycles. The van der Waals surface area contributed by atoms with Crippen LogP contribution in [-0.4, -0.2) is 15.7 Å². The molecule has 106 valence electrons. The molecule has 2 rings (SSSR count). The zero-order valence-corrected chi connectivity index (χ0v) is 12.8. The number of fused-ring (bicyclic) bond motifs is 1. The van der Waals surface area contributed by atoms with Crippen molar-refractivity contribution in [2.24, 2.45) is 20.0 Å². The van der Waals surface area contributed by atoms with E-state index < -0.39 is 0 Å². The Hall–Kier alpha value is -1.26. The van der Waals surface area contributed by atoms with Crippen molar-refractivity contribution in [3.05, 3.63) is 34.2 Å². The number of imidazole rings is 1. The molecular formula is C14H22ClN3O. The van der Waals surface area contributed by atoms with Crippen LogP contribution in [0.4, 0.5) is 0 Å². The molecule has 4 nitrogen and oxygen atoms in total. The molecule has 0 radical (unpaired) electrons. The van der Waals surface area contributed by atoms with Gasteiger partial charge >= 0.3 is 5.69 Å². The first-order valence-corrected chi connectivity index (χ1v) is 6.35. The SMILES string of the molecule is CC(C)CNCc1ccc2c(c1)n(C)c(=O)n2C.Cl. The fourth-order valence-electron chi connectivity index (χ4n) is 2.17. The molecule has 0 spiro atoms. The average molecular weight is 284 g/mol. The van der Waals surface area contributed by atoms with E-state index in [1.807, 2.05) is 13.1 Å². The van der Waals surface area contributed by atoms with Gasteiger partial charge in [-0.15, -0.1) is 12.4 Å². The second kappa shape index (κ2) is 6.26. The van der Waals surface area contributed by atoms with Crippen LogP contribution in [0.15, 0.2) is 23.0 Å². The van der Waals surface area contributed by atoms with Gasteiger partial charge in [0, 0.05) is 20.6 Å². The number of nitrogens with one attached hydrogen (secondary N) is 1. The molecule has 1 aromatic heterocycles. The van der Waals surface area contributed by atoms with Crippen molar-refractivity contribution in [2.45, 2.75) is 20.4 Å². The Morgan fingerprint density at radius 2 is 1.79 bits per heavy atom. The summed E-state index contributed by atoms with van der Waals surface area (Å²) in [5.41, 5.74) is 3.21. The van der Waals surface area contributed by atoms with Crippen molar-refractivity contribution in [1.29, 1.82) is 0 Å². The van der Waals surface area contributed by atoms with Gasteiger partial charge in [0.05, 0.1) is 11.0 Å². The van der Waals surface area contributed by atoms with Gasteiger partial charge < -0.3 is 5.32 Å². The Bertz CT molecular complexity index is 613. The molecule has 0 atom stereocenters. The van der Waals surface area contributed by atoms with Gasteiger partial charge in [0.25, 0.3) is 0 Å². The van der Waals surface area contributed by atoms with E-state index >= 15 is 0 Å². The first-order chi connectivity index (χ1) is 8.50. The number of aryl methyl sites for hydroxylation is 2. The van der Waals surface area contributed by atoms with Crippen LogP contribution in [0.5, 0.6) is 0 Å². The zero-order chi connectivity index (χ0) is 13.3. The second-order valence-corrected chi connectivity index (χ2v) is 5.25. The van der Waals surface area contributed by atoms with E-state index in [2.05, 4.69) is 31.3 Å². The van der Waals surface area contributed by atoms with E-state index in [1.165, 1.54) is 5.56 Å². The molecule has 19 heavy (non-hydrogen) atoms. The fraction of sp³-hybridized carbons (Fsp3) is 0.500. The average Bonchev–Trinajstić information content (AvgIpc) is 2.54. The van der Waals surface area contributed by atoms with Crippen LogP contribution in [0.25, 0.3) is 11.0 Å². The minimum absolute atomic E-state index is 0. The minimum Gasteiger partial charge on any atom is -0.312 e. The topological polar surface area (TPSA) is 39.0 Å². The highest BCUT2D eigenvalue weighted by Crippen LogP contribution is 2.13. The van der Waals surface area contributed by atoms with Crippen molar-refractivity contribution in [3.8, 4) is 0 Å². The molecular weight excluding hydrogens is 262 g/mol. The van der Waals surface area contributed by atoms with Crippen LogP contribution >= 0.6 is 12.4 Å². The van der Waals surface area contributed by atoms with E-state index in [9.17, 15) is 4.79 Å². The number of hydrogen-bond acceptors (Lipinski definition) is 2. The summed E-state index contributed by atoms with van der Waals surface area (Å²) in [4.78, 5) is 11.8. The first-order valence-electron chi connectivity index (χ1n) is 6.35. The summed E-state index contributed by atoms with van der Waals surface area (Å²) in [5.74, 6) is 0.648. The molecule has 0 fully saturated rings. The maximum Gasteiger partial charge on any atom is 0.328 e. The number of halogens is 1. The Morgan fingerprint density at radius 3 is 2.42 bits per heavy atom. The van der Waals surface area contributed by atoms with E-state index in [0.717, 1.165) is 24.1 Å². The van der Waals surface area contributed by atoms with Crippen molar-refractivity contribution in [3.63, 3.8) is 0 Å². The lowest BCUT2D eigenvalue weighted by Crippen LogP contribution is -2.19. The third-order valence-electron chi connectivity index (χ3n) is 3.22. The normalized spacial score (nSPS) is 11.0. The number of rotatable bonds is 4. The Labute approximate surface area is 119 Å². The predicted molar refractivity (Wildman–Crippen MR) is 82.0 cm³/mol. The first kappa shape index (κ1) is 15.8. The quantitative estimate of drug-likeness (QED) is 0.933. The molecule has 2 aromatic rings. The highest BCUT2D eigenvalue weighted by atomic mass is 35.5. The van der Waals surface area contributed by atoms with Gasteiger partial charge in [0.15, 0.2) is 0 Å². The van der Waals surface area contributed by atoms with Crippen molar-refractivity contribution in [2.75, 3.05) is 6.54 Å². The molecule has 0 aliphatic carbocycles. The largest absolute Gasteiger partial charge is 0.328 e. The number of hydrogen-bond donors (Lipinski definition) is 1. The molecule has 0 aliphatic rings. The monoisotopic (exact) mass is 283 g/mol. The van der Waals surface area contributed by atoms with Crippen LogP contribution in [0.2, 0.25) is 0 Å². The standard InChI is InChI=1S/C14H21N3O.ClH/c1-10(2)8-15-9-11-5-6-12-13(7-11)17(4)14(18)16(12)3;/h5-7,10,15H,8-9H2,1-4H3;1H. The summed E-state index contributed by atoms with van der Waals surface area (Å²) >= 11 is 0. The van der Waals surface area contributed by atoms with Gasteiger partial charge in [0.2, 0.25) is 0 Å². The molecule has 0 bridgehead atoms. The second-order valence-electron chi connectivity index (χ2n) is 5.25. The van der Waals surface area contributed by atoms with Crippen LogP contribution in [0.1, 0.15) is 19.4 Å². The van der Waals surface area contributed by atoms with Crippen molar-refractivity contribution < 1.29 is 0 Å². The Morgan fingerprint density at radius 1 is 1.16 bits per heavy atom. The molecule has 5 heteroatoms. The van der Waals surface area contributed by atoms with Crippen LogP contribution in [-0.2, 0) is 20.6 Å². The van der Waals surface area contributed by atoms with Gasteiger partial charge in [-0.3, -0.25) is 9.13 Å². The number of nitrogens with zero attached hydrogens (tertiary/aromatic N) is 2. The third-order valence-corrected chi connectivity index (χ3v) is 3.22. The predicted octanol–water partition coefficient (Wildman–Crippen LogP) is 2.04. The summed E-state index contributed by atoms with van der Waals surface area (Å²) in [6.07, 6.45) is 0. The van der Waals surface area contributed by atoms with E-state index in [0.29, 0.717) is 5.92 Å². The molecule has 1 N–H and O–H groups in total. The zero-order valence-electron chi connectivity index (χ0n) is 11.9. The summed E-state index contributed by atoms with van der Waals surface area (Å²) in [5, 5.41) is 3.41. The van der Waals surface area contributed by atoms with Gasteiger partial charge in [-0.25, -0.2) is 4.79 Å². The Kier molecular flexibility index (Phi) is 5.20. The molecule has 0 amide bonds. The van der Waals surface area contributed by atoms with Crippen molar-refractivity contribution in [1.82, 2.24) is 14.5 Å². The molecule has 0 unspecified atom stereocenters. The summed E-state index contributed by atoms with van der Waals surface area (Å²) in [6, 6.07) is 6.18. The maximum absolute atomic E-state index is 11.8. The van der Waals surface area contributed by atoms with Gasteiger partial charge in [-0.05, 0) is 30.2 Å². The minimum atomic E-state index is 0. The third kappa shape index (κ3) is 3.19. The smallest absolute Gasteiger partial charge is 0.312 e. The molecule has 0 saturated heterocycles. The van der Waals surface area contributed by atoms with Gasteiger partial charge in [0.1, 0.15) is 0 Å². The Balaban J connectivity index is 0.00000180. The lowest BCUT2D eigenvalue weighted by molar-refractivity contribution is 0.552. The van der Waals surface area contributed by atoms with E-state index in [1.54, 1.807) is 16.2 Å². The van der Waals surface area contributed by atoms with Crippen LogP contribution < -0.4 is 11.0 Å². The lowest BCUT2D eigenvalue weighted by Gasteiger charge is -2.07. The summed E-state index contributed by atoms with van der Waals surface area (Å²) in [6.45, 7) is 6.23. The fourth-order valence-corrected chi connectivity index (χ4v) is 2.17. The molecule has 0 saturated carbocycles. The number of aromatic nitrogens is 2. The highest BCUT2D eigenvalue weighted by molar-refractivity contribution is 5.85. The lowest BCUT2D eigenvalue weighted by atomic mass is 10.2. The molecule has 1 heterocycles. The van der Waals surface area contributed by atoms with Crippen LogP contribution in [0, 0.1) is 5.92 Å². The number of benzene rings is 1. The van der Waals surface area contributed by atoms with Crippen LogP contribution in [0.3, 0.4) is 0 Å². The van der Waals surface area contributed by atoms with Gasteiger partial charge in [-0.1, -0.05) is 19.9 Å². The van der Waals surface area contributed by atoms with E-state index in [4.69, 9.17) is 0 Å². The van der Waals surface area contributed by atoms with Gasteiger partial charge in [-0.2, -0.15) is 0 Å². The molecule has 1 aromatic carbocycles. The van der Waals surface area contributed by atoms with E-state index in [-0.39, 0.29) is 18.1 Å².